The number of carbonyl (C=O) groups is 2. The average molecular weight is 520 g/mol. The van der Waals surface area contributed by atoms with E-state index in [2.05, 4.69) is 25.9 Å². The van der Waals surface area contributed by atoms with Crippen LogP contribution in [0.3, 0.4) is 0 Å². The summed E-state index contributed by atoms with van der Waals surface area (Å²) in [5.74, 6) is -0.220. The van der Waals surface area contributed by atoms with Crippen LogP contribution in [0.4, 0.5) is 15.8 Å². The molecule has 2 fully saturated rings. The van der Waals surface area contributed by atoms with Crippen LogP contribution in [0.15, 0.2) is 36.7 Å². The van der Waals surface area contributed by atoms with Gasteiger partial charge < -0.3 is 35.2 Å². The van der Waals surface area contributed by atoms with E-state index in [0.29, 0.717) is 47.8 Å². The first-order chi connectivity index (χ1) is 18.5. The number of hydrogen-bond donors (Lipinski definition) is 4. The third-order valence-corrected chi connectivity index (χ3v) is 7.84. The monoisotopic (exact) mass is 519 g/mol. The van der Waals surface area contributed by atoms with Crippen molar-refractivity contribution in [2.75, 3.05) is 25.5 Å². The minimum Gasteiger partial charge on any atom is -0.492 e. The van der Waals surface area contributed by atoms with E-state index in [0.717, 1.165) is 43.4 Å². The maximum Gasteiger partial charge on any atom is 0.255 e. The predicted octanol–water partition coefficient (Wildman–Crippen LogP) is 4.05. The lowest BCUT2D eigenvalue weighted by atomic mass is 9.92. The lowest BCUT2D eigenvalue weighted by Crippen LogP contribution is -2.35. The second kappa shape index (κ2) is 9.75. The first-order valence-corrected chi connectivity index (χ1v) is 13.0. The zero-order chi connectivity index (χ0) is 26.3. The summed E-state index contributed by atoms with van der Waals surface area (Å²) in [6, 6.07) is 6.43. The molecule has 2 aliphatic heterocycles. The third-order valence-electron chi connectivity index (χ3n) is 7.84. The number of hydrogen-bond acceptors (Lipinski definition) is 7. The number of para-hydroxylation sites is 1. The van der Waals surface area contributed by atoms with E-state index in [1.54, 1.807) is 24.5 Å². The van der Waals surface area contributed by atoms with Gasteiger partial charge in [-0.3, -0.25) is 9.78 Å². The lowest BCUT2D eigenvalue weighted by Gasteiger charge is -2.23. The van der Waals surface area contributed by atoms with Gasteiger partial charge in [0.15, 0.2) is 11.6 Å². The number of halogens is 1. The van der Waals surface area contributed by atoms with Crippen molar-refractivity contribution in [2.45, 2.75) is 49.7 Å². The number of aromatic amines is 1. The van der Waals surface area contributed by atoms with Crippen LogP contribution in [0.2, 0.25) is 0 Å². The molecule has 1 saturated carbocycles. The van der Waals surface area contributed by atoms with Crippen LogP contribution in [-0.2, 0) is 4.79 Å². The molecule has 2 aromatic heterocycles. The molecule has 1 aromatic carbocycles. The fourth-order valence-electron chi connectivity index (χ4n) is 5.80. The molecule has 38 heavy (non-hydrogen) atoms. The Labute approximate surface area is 219 Å². The van der Waals surface area contributed by atoms with Crippen LogP contribution in [0, 0.1) is 5.82 Å². The molecule has 3 atom stereocenters. The van der Waals surface area contributed by atoms with Crippen LogP contribution < -0.4 is 25.4 Å². The summed E-state index contributed by atoms with van der Waals surface area (Å²) in [7, 11) is 1.40. The highest BCUT2D eigenvalue weighted by molar-refractivity contribution is 6.07. The van der Waals surface area contributed by atoms with Crippen LogP contribution in [0.1, 0.15) is 54.1 Å². The van der Waals surface area contributed by atoms with Gasteiger partial charge in [0.25, 0.3) is 5.91 Å². The van der Waals surface area contributed by atoms with Gasteiger partial charge in [-0.05, 0) is 44.0 Å². The second-order valence-electron chi connectivity index (χ2n) is 10.1. The highest BCUT2D eigenvalue weighted by Crippen LogP contribution is 2.49. The topological polar surface area (TPSA) is 117 Å². The molecule has 1 unspecified atom stereocenters. The van der Waals surface area contributed by atoms with Gasteiger partial charge in [-0.15, -0.1) is 0 Å². The summed E-state index contributed by atoms with van der Waals surface area (Å²) in [5, 5.41) is 9.80. The number of fused-ring (bicyclic) bond motifs is 1. The number of rotatable bonds is 9. The van der Waals surface area contributed by atoms with Crippen LogP contribution >= 0.6 is 0 Å². The van der Waals surface area contributed by atoms with E-state index < -0.39 is 5.82 Å². The lowest BCUT2D eigenvalue weighted by molar-refractivity contribution is -0.108. The zero-order valence-electron chi connectivity index (χ0n) is 21.1. The number of nitrogens with zero attached hydrogens (tertiary/aromatic N) is 1. The molecule has 1 aliphatic carbocycles. The van der Waals surface area contributed by atoms with Gasteiger partial charge in [-0.2, -0.15) is 0 Å². The fraction of sp³-hybridized carbons (Fsp3) is 0.393. The predicted molar refractivity (Wildman–Crippen MR) is 140 cm³/mol. The summed E-state index contributed by atoms with van der Waals surface area (Å²) in [4.78, 5) is 32.1. The highest BCUT2D eigenvalue weighted by Gasteiger charge is 2.58. The maximum atomic E-state index is 14.6. The Hall–Kier alpha value is -3.92. The molecule has 198 valence electrons. The molecule has 0 radical (unpaired) electrons. The average Bonchev–Trinajstić information content (AvgIpc) is 3.22. The molecule has 3 aliphatic rings. The molecule has 6 rings (SSSR count). The largest absolute Gasteiger partial charge is 0.492 e. The van der Waals surface area contributed by atoms with E-state index in [9.17, 15) is 14.0 Å². The van der Waals surface area contributed by atoms with Crippen molar-refractivity contribution >= 4 is 23.6 Å². The van der Waals surface area contributed by atoms with Crippen molar-refractivity contribution in [1.82, 2.24) is 20.6 Å². The number of carbonyl (C=O) groups excluding carboxylic acids is 2. The Balaban J connectivity index is 1.46. The molecule has 1 saturated heterocycles. The molecule has 4 heterocycles. The molecule has 1 spiro atoms. The first kappa shape index (κ1) is 24.4. The summed E-state index contributed by atoms with van der Waals surface area (Å²) in [6.45, 7) is 1.41. The van der Waals surface area contributed by atoms with E-state index in [4.69, 9.17) is 9.47 Å². The second-order valence-corrected chi connectivity index (χ2v) is 10.1. The van der Waals surface area contributed by atoms with Gasteiger partial charge in [-0.25, -0.2) is 4.39 Å². The quantitative estimate of drug-likeness (QED) is 0.315. The number of pyridine rings is 1. The molecule has 4 N–H and O–H groups in total. The Morgan fingerprint density at radius 3 is 3.00 bits per heavy atom. The van der Waals surface area contributed by atoms with Crippen molar-refractivity contribution in [3.63, 3.8) is 0 Å². The number of ether oxygens (including phenoxy) is 2. The molecular formula is C28H30FN5O4. The molecule has 10 heteroatoms. The Bertz CT molecular complexity index is 1380. The van der Waals surface area contributed by atoms with Crippen LogP contribution in [0.5, 0.6) is 11.5 Å². The van der Waals surface area contributed by atoms with Crippen molar-refractivity contribution in [2.24, 2.45) is 0 Å². The van der Waals surface area contributed by atoms with Gasteiger partial charge in [0.1, 0.15) is 18.1 Å². The highest BCUT2D eigenvalue weighted by atomic mass is 19.1. The number of aromatic nitrogens is 2. The van der Waals surface area contributed by atoms with Gasteiger partial charge in [-0.1, -0.05) is 6.07 Å². The molecular weight excluding hydrogens is 489 g/mol. The minimum atomic E-state index is -0.521. The number of methoxy groups -OCH3 is 1. The summed E-state index contributed by atoms with van der Waals surface area (Å²) in [6.07, 6.45) is 8.38. The maximum absolute atomic E-state index is 14.6. The number of benzene rings is 1. The van der Waals surface area contributed by atoms with E-state index in [1.807, 2.05) is 6.07 Å². The van der Waals surface area contributed by atoms with Crippen molar-refractivity contribution in [3.8, 4) is 22.8 Å². The van der Waals surface area contributed by atoms with Gasteiger partial charge >= 0.3 is 0 Å². The van der Waals surface area contributed by atoms with Gasteiger partial charge in [0, 0.05) is 42.8 Å². The third kappa shape index (κ3) is 4.18. The summed E-state index contributed by atoms with van der Waals surface area (Å²) >= 11 is 0. The van der Waals surface area contributed by atoms with Crippen molar-refractivity contribution in [1.29, 1.82) is 0 Å². The number of H-pyrrole nitrogens is 1. The van der Waals surface area contributed by atoms with Crippen LogP contribution in [-0.4, -0.2) is 54.0 Å². The number of aldehydes is 1. The number of anilines is 2. The number of nitrogens with one attached hydrogen (secondary N) is 4. The van der Waals surface area contributed by atoms with Crippen LogP contribution in [0.25, 0.3) is 11.3 Å². The zero-order valence-corrected chi connectivity index (χ0v) is 21.1. The fourth-order valence-corrected chi connectivity index (χ4v) is 5.80. The smallest absolute Gasteiger partial charge is 0.255 e. The molecule has 9 nitrogen and oxygen atoms in total. The standard InChI is InChI=1S/C28H30FN5O4/c1-37-26-18(29)6-2-7-19(26)33-25-22-23(16(5-3-12-35)14-31-27(22)36)34-24(25)17-8-11-30-15-20(17)38-21-13-28(21)9-4-10-32-28/h2,6-8,11-12,15-16,21,32-34H,3-5,9-10,13-14H2,1H3,(H,31,36)/t16?,21-,28+/m0/s1. The molecule has 0 bridgehead atoms. The first-order valence-electron chi connectivity index (χ1n) is 13.0. The van der Waals surface area contributed by atoms with Gasteiger partial charge in [0.05, 0.1) is 41.5 Å². The van der Waals surface area contributed by atoms with Crippen molar-refractivity contribution in [3.05, 3.63) is 53.7 Å². The summed E-state index contributed by atoms with van der Waals surface area (Å²) in [5.41, 5.74) is 3.40. The Morgan fingerprint density at radius 1 is 1.32 bits per heavy atom. The summed E-state index contributed by atoms with van der Waals surface area (Å²) < 4.78 is 26.3. The Morgan fingerprint density at radius 2 is 2.21 bits per heavy atom. The van der Waals surface area contributed by atoms with E-state index in [1.165, 1.54) is 13.2 Å². The van der Waals surface area contributed by atoms with E-state index >= 15 is 0 Å². The van der Waals surface area contributed by atoms with Gasteiger partial charge in [0.2, 0.25) is 0 Å². The molecule has 1 amide bonds. The number of amides is 1. The normalized spacial score (nSPS) is 23.6. The SMILES string of the molecule is COc1c(F)cccc1Nc1c(-c2ccncc2O[C@H]2C[C@]23CCCN3)[nH]c2c1C(=O)NCC2CCC=O. The van der Waals surface area contributed by atoms with Crippen molar-refractivity contribution < 1.29 is 23.5 Å². The Kier molecular flexibility index (Phi) is 6.27. The van der Waals surface area contributed by atoms with E-state index in [-0.39, 0.29) is 29.2 Å². The minimum absolute atomic E-state index is 0.0257. The molecule has 3 aromatic rings.